The highest BCUT2D eigenvalue weighted by molar-refractivity contribution is 9.10. The monoisotopic (exact) mass is 314 g/mol. The molecule has 4 nitrogen and oxygen atoms in total. The van der Waals surface area contributed by atoms with Gasteiger partial charge in [0.25, 0.3) is 5.56 Å². The molecule has 0 bridgehead atoms. The summed E-state index contributed by atoms with van der Waals surface area (Å²) >= 11 is 3.26. The standard InChI is InChI=1S/C13H19BrN2O2/c1-10(2)15-6-7-18-11(8-15)9-16-5-3-4-12(14)13(16)17/h3-5,10-11H,6-9H2,1-2H3. The molecule has 100 valence electrons. The highest BCUT2D eigenvalue weighted by atomic mass is 79.9. The molecule has 0 amide bonds. The molecule has 0 aliphatic carbocycles. The first-order valence-corrected chi connectivity index (χ1v) is 7.08. The lowest BCUT2D eigenvalue weighted by atomic mass is 10.2. The van der Waals surface area contributed by atoms with Gasteiger partial charge in [0.2, 0.25) is 0 Å². The van der Waals surface area contributed by atoms with Gasteiger partial charge in [0.15, 0.2) is 0 Å². The molecule has 1 aliphatic rings. The Bertz CT molecular complexity index is 459. The molecular formula is C13H19BrN2O2. The molecule has 1 aromatic heterocycles. The Labute approximate surface area is 116 Å². The minimum absolute atomic E-state index is 0.00257. The van der Waals surface area contributed by atoms with Gasteiger partial charge in [-0.15, -0.1) is 0 Å². The van der Waals surface area contributed by atoms with Crippen LogP contribution in [0.5, 0.6) is 0 Å². The van der Waals surface area contributed by atoms with Crippen molar-refractivity contribution < 1.29 is 4.74 Å². The van der Waals surface area contributed by atoms with Gasteiger partial charge in [-0.05, 0) is 41.9 Å². The van der Waals surface area contributed by atoms with Crippen molar-refractivity contribution in [3.05, 3.63) is 33.2 Å². The van der Waals surface area contributed by atoms with E-state index in [-0.39, 0.29) is 11.7 Å². The SMILES string of the molecule is CC(C)N1CCOC(Cn2cccc(Br)c2=O)C1. The first-order valence-electron chi connectivity index (χ1n) is 6.28. The third-order valence-corrected chi connectivity index (χ3v) is 3.88. The zero-order valence-electron chi connectivity index (χ0n) is 10.8. The van der Waals surface area contributed by atoms with Crippen molar-refractivity contribution in [1.29, 1.82) is 0 Å². The predicted octanol–water partition coefficient (Wildman–Crippen LogP) is 1.72. The number of nitrogens with zero attached hydrogens (tertiary/aromatic N) is 2. The summed E-state index contributed by atoms with van der Waals surface area (Å²) in [6.07, 6.45) is 1.90. The van der Waals surface area contributed by atoms with Gasteiger partial charge in [-0.2, -0.15) is 0 Å². The van der Waals surface area contributed by atoms with Crippen molar-refractivity contribution in [2.45, 2.75) is 32.5 Å². The Kier molecular flexibility index (Phi) is 4.59. The van der Waals surface area contributed by atoms with Crippen LogP contribution < -0.4 is 5.56 Å². The van der Waals surface area contributed by atoms with Crippen LogP contribution in [0, 0.1) is 0 Å². The van der Waals surface area contributed by atoms with Crippen LogP contribution in [0.1, 0.15) is 13.8 Å². The molecule has 1 unspecified atom stereocenters. The van der Waals surface area contributed by atoms with E-state index in [9.17, 15) is 4.79 Å². The number of ether oxygens (including phenoxy) is 1. The number of hydrogen-bond donors (Lipinski definition) is 0. The highest BCUT2D eigenvalue weighted by Gasteiger charge is 2.22. The van der Waals surface area contributed by atoms with Crippen molar-refractivity contribution in [2.24, 2.45) is 0 Å². The number of aromatic nitrogens is 1. The van der Waals surface area contributed by atoms with E-state index in [2.05, 4.69) is 34.7 Å². The van der Waals surface area contributed by atoms with E-state index >= 15 is 0 Å². The Morgan fingerprint density at radius 1 is 1.56 bits per heavy atom. The number of morpholine rings is 1. The number of pyridine rings is 1. The van der Waals surface area contributed by atoms with Crippen LogP contribution in [0.3, 0.4) is 0 Å². The number of rotatable bonds is 3. The second-order valence-electron chi connectivity index (χ2n) is 4.90. The van der Waals surface area contributed by atoms with Crippen LogP contribution in [-0.2, 0) is 11.3 Å². The maximum absolute atomic E-state index is 11.9. The Morgan fingerprint density at radius 3 is 3.06 bits per heavy atom. The van der Waals surface area contributed by atoms with Crippen LogP contribution in [0.2, 0.25) is 0 Å². The van der Waals surface area contributed by atoms with Gasteiger partial charge in [0, 0.05) is 25.3 Å². The van der Waals surface area contributed by atoms with E-state index < -0.39 is 0 Å². The molecule has 0 saturated carbocycles. The molecule has 1 aliphatic heterocycles. The maximum Gasteiger partial charge on any atom is 0.264 e. The van der Waals surface area contributed by atoms with E-state index in [1.165, 1.54) is 0 Å². The molecule has 0 N–H and O–H groups in total. The van der Waals surface area contributed by atoms with Gasteiger partial charge in [-0.3, -0.25) is 9.69 Å². The molecule has 0 radical (unpaired) electrons. The van der Waals surface area contributed by atoms with Crippen molar-refractivity contribution >= 4 is 15.9 Å². The first kappa shape index (κ1) is 13.8. The second kappa shape index (κ2) is 5.99. The van der Waals surface area contributed by atoms with Crippen LogP contribution in [-0.4, -0.2) is 41.3 Å². The molecular weight excluding hydrogens is 296 g/mol. The topological polar surface area (TPSA) is 34.5 Å². The second-order valence-corrected chi connectivity index (χ2v) is 5.75. The lowest BCUT2D eigenvalue weighted by Crippen LogP contribution is -2.47. The van der Waals surface area contributed by atoms with E-state index in [0.717, 1.165) is 19.7 Å². The quantitative estimate of drug-likeness (QED) is 0.852. The van der Waals surface area contributed by atoms with Gasteiger partial charge in [-0.1, -0.05) is 0 Å². The minimum Gasteiger partial charge on any atom is -0.374 e. The van der Waals surface area contributed by atoms with Gasteiger partial charge in [-0.25, -0.2) is 0 Å². The Morgan fingerprint density at radius 2 is 2.33 bits per heavy atom. The van der Waals surface area contributed by atoms with Crippen LogP contribution in [0.4, 0.5) is 0 Å². The molecule has 18 heavy (non-hydrogen) atoms. The van der Waals surface area contributed by atoms with Gasteiger partial charge in [0.1, 0.15) is 0 Å². The average molecular weight is 315 g/mol. The fraction of sp³-hybridized carbons (Fsp3) is 0.615. The molecule has 0 spiro atoms. The van der Waals surface area contributed by atoms with Crippen molar-refractivity contribution in [3.63, 3.8) is 0 Å². The zero-order valence-corrected chi connectivity index (χ0v) is 12.4. The maximum atomic E-state index is 11.9. The Hall–Kier alpha value is -0.650. The van der Waals surface area contributed by atoms with E-state index in [1.807, 2.05) is 12.3 Å². The third kappa shape index (κ3) is 3.22. The van der Waals surface area contributed by atoms with Crippen molar-refractivity contribution in [3.8, 4) is 0 Å². The normalized spacial score (nSPS) is 21.4. The smallest absolute Gasteiger partial charge is 0.264 e. The summed E-state index contributed by atoms with van der Waals surface area (Å²) in [5, 5.41) is 0. The Balaban J connectivity index is 2.05. The minimum atomic E-state index is 0.00257. The summed E-state index contributed by atoms with van der Waals surface area (Å²) in [7, 11) is 0. The molecule has 2 heterocycles. The van der Waals surface area contributed by atoms with Gasteiger partial charge in [0.05, 0.1) is 23.7 Å². The van der Waals surface area contributed by atoms with Crippen molar-refractivity contribution in [2.75, 3.05) is 19.7 Å². The van der Waals surface area contributed by atoms with Gasteiger partial charge >= 0.3 is 0 Å². The molecule has 2 rings (SSSR count). The summed E-state index contributed by atoms with van der Waals surface area (Å²) in [5.74, 6) is 0. The predicted molar refractivity (Wildman–Crippen MR) is 74.9 cm³/mol. The van der Waals surface area contributed by atoms with Gasteiger partial charge < -0.3 is 9.30 Å². The highest BCUT2D eigenvalue weighted by Crippen LogP contribution is 2.10. The molecule has 1 aromatic rings. The first-order chi connectivity index (χ1) is 8.58. The largest absolute Gasteiger partial charge is 0.374 e. The summed E-state index contributed by atoms with van der Waals surface area (Å²) < 4.78 is 8.05. The van der Waals surface area contributed by atoms with Crippen LogP contribution in [0.15, 0.2) is 27.6 Å². The van der Waals surface area contributed by atoms with Crippen LogP contribution >= 0.6 is 15.9 Å². The summed E-state index contributed by atoms with van der Waals surface area (Å²) in [6.45, 7) is 7.59. The third-order valence-electron chi connectivity index (χ3n) is 3.27. The van der Waals surface area contributed by atoms with E-state index in [1.54, 1.807) is 10.6 Å². The fourth-order valence-electron chi connectivity index (χ4n) is 2.19. The summed E-state index contributed by atoms with van der Waals surface area (Å²) in [6, 6.07) is 4.16. The molecule has 5 heteroatoms. The lowest BCUT2D eigenvalue weighted by Gasteiger charge is -2.35. The summed E-state index contributed by atoms with van der Waals surface area (Å²) in [5.41, 5.74) is 0.00257. The van der Waals surface area contributed by atoms with Crippen molar-refractivity contribution in [1.82, 2.24) is 9.47 Å². The zero-order chi connectivity index (χ0) is 13.1. The average Bonchev–Trinajstić information content (AvgIpc) is 2.35. The number of hydrogen-bond acceptors (Lipinski definition) is 3. The molecule has 1 saturated heterocycles. The van der Waals surface area contributed by atoms with E-state index in [4.69, 9.17) is 4.74 Å². The number of halogens is 1. The van der Waals surface area contributed by atoms with Crippen LogP contribution in [0.25, 0.3) is 0 Å². The lowest BCUT2D eigenvalue weighted by molar-refractivity contribution is -0.0460. The van der Waals surface area contributed by atoms with E-state index in [0.29, 0.717) is 17.1 Å². The molecule has 1 fully saturated rings. The molecule has 1 atom stereocenters. The molecule has 0 aromatic carbocycles. The fourth-order valence-corrected chi connectivity index (χ4v) is 2.57. The summed E-state index contributed by atoms with van der Waals surface area (Å²) in [4.78, 5) is 14.3.